The summed E-state index contributed by atoms with van der Waals surface area (Å²) >= 11 is 5.98. The zero-order valence-corrected chi connectivity index (χ0v) is 12.4. The number of aromatic nitrogens is 2. The smallest absolute Gasteiger partial charge is 0.222 e. The van der Waals surface area contributed by atoms with Crippen molar-refractivity contribution in [1.29, 1.82) is 0 Å². The molecule has 2 unspecified atom stereocenters. The van der Waals surface area contributed by atoms with E-state index in [0.717, 1.165) is 42.9 Å². The van der Waals surface area contributed by atoms with Crippen molar-refractivity contribution >= 4 is 23.5 Å². The molecule has 1 aromatic heterocycles. The van der Waals surface area contributed by atoms with Crippen LogP contribution in [-0.4, -0.2) is 29.9 Å². The number of fused-ring (bicyclic) bond motifs is 1. The minimum atomic E-state index is 0.330. The van der Waals surface area contributed by atoms with Gasteiger partial charge < -0.3 is 4.74 Å². The molecule has 0 saturated heterocycles. The maximum absolute atomic E-state index is 5.98. The highest BCUT2D eigenvalue weighted by Gasteiger charge is 2.24. The van der Waals surface area contributed by atoms with E-state index in [1.807, 2.05) is 6.21 Å². The van der Waals surface area contributed by atoms with E-state index in [-0.39, 0.29) is 0 Å². The van der Waals surface area contributed by atoms with E-state index in [0.29, 0.717) is 17.1 Å². The maximum atomic E-state index is 5.98. The number of rotatable bonds is 5. The number of aliphatic imine (C=N–C) groups is 1. The van der Waals surface area contributed by atoms with Gasteiger partial charge in [-0.25, -0.2) is 9.97 Å². The first kappa shape index (κ1) is 14.4. The zero-order chi connectivity index (χ0) is 13.8. The average molecular weight is 282 g/mol. The second-order valence-electron chi connectivity index (χ2n) is 4.99. The molecule has 0 radical (unpaired) electrons. The zero-order valence-electron chi connectivity index (χ0n) is 11.7. The lowest BCUT2D eigenvalue weighted by molar-refractivity contribution is 0.173. The van der Waals surface area contributed by atoms with Gasteiger partial charge in [0.05, 0.1) is 11.4 Å². The Labute approximate surface area is 119 Å². The third-order valence-corrected chi connectivity index (χ3v) is 3.84. The van der Waals surface area contributed by atoms with E-state index in [4.69, 9.17) is 16.3 Å². The molecule has 0 bridgehead atoms. The van der Waals surface area contributed by atoms with Crippen LogP contribution in [0.25, 0.3) is 0 Å². The van der Waals surface area contributed by atoms with Gasteiger partial charge in [0, 0.05) is 32.3 Å². The molecule has 1 aromatic rings. The van der Waals surface area contributed by atoms with Crippen LogP contribution in [0.15, 0.2) is 4.99 Å². The van der Waals surface area contributed by atoms with E-state index >= 15 is 0 Å². The highest BCUT2D eigenvalue weighted by atomic mass is 35.5. The van der Waals surface area contributed by atoms with Crippen molar-refractivity contribution in [1.82, 2.24) is 9.97 Å². The third-order valence-electron chi connectivity index (χ3n) is 3.67. The van der Waals surface area contributed by atoms with E-state index in [2.05, 4.69) is 28.8 Å². The van der Waals surface area contributed by atoms with Crippen LogP contribution in [0.5, 0.6) is 0 Å². The van der Waals surface area contributed by atoms with Crippen LogP contribution in [-0.2, 0) is 17.6 Å². The van der Waals surface area contributed by atoms with Crippen LogP contribution in [0, 0.1) is 11.8 Å². The van der Waals surface area contributed by atoms with Crippen LogP contribution in [0.3, 0.4) is 0 Å². The van der Waals surface area contributed by atoms with Gasteiger partial charge in [0.1, 0.15) is 5.69 Å². The fraction of sp³-hybridized carbons (Fsp3) is 0.643. The number of hydrogen-bond acceptors (Lipinski definition) is 4. The van der Waals surface area contributed by atoms with Crippen LogP contribution in [0.4, 0.5) is 5.69 Å². The molecule has 0 fully saturated rings. The number of aryl methyl sites for hydroxylation is 1. The first-order valence-corrected chi connectivity index (χ1v) is 7.11. The average Bonchev–Trinajstić information content (AvgIpc) is 2.42. The molecule has 0 N–H and O–H groups in total. The number of nitrogens with zero attached hydrogens (tertiary/aromatic N) is 3. The fourth-order valence-corrected chi connectivity index (χ4v) is 2.57. The van der Waals surface area contributed by atoms with Crippen LogP contribution in [0.2, 0.25) is 5.28 Å². The van der Waals surface area contributed by atoms with Crippen molar-refractivity contribution in [3.8, 4) is 0 Å². The van der Waals surface area contributed by atoms with Crippen molar-refractivity contribution in [3.05, 3.63) is 16.7 Å². The second kappa shape index (κ2) is 6.44. The lowest BCUT2D eigenvalue weighted by atomic mass is 9.86. The molecule has 0 aromatic carbocycles. The number of halogens is 1. The second-order valence-corrected chi connectivity index (χ2v) is 5.33. The van der Waals surface area contributed by atoms with Gasteiger partial charge >= 0.3 is 0 Å². The van der Waals surface area contributed by atoms with Crippen molar-refractivity contribution in [2.75, 3.05) is 13.7 Å². The SMILES string of the molecule is CCc1nc(Cl)nc2c1N=CC(C(C)CCOC)C2. The van der Waals surface area contributed by atoms with Gasteiger partial charge in [0.15, 0.2) is 0 Å². The van der Waals surface area contributed by atoms with Crippen molar-refractivity contribution in [2.45, 2.75) is 33.1 Å². The molecule has 2 rings (SSSR count). The standard InChI is InChI=1S/C14H20ClN3O/c1-4-11-13-12(18-14(15)17-11)7-10(8-16-13)9(2)5-6-19-3/h8-10H,4-7H2,1-3H3. The first-order chi connectivity index (χ1) is 9.15. The van der Waals surface area contributed by atoms with E-state index in [1.54, 1.807) is 7.11 Å². The van der Waals surface area contributed by atoms with Crippen molar-refractivity contribution in [3.63, 3.8) is 0 Å². The van der Waals surface area contributed by atoms with Crippen LogP contribution < -0.4 is 0 Å². The molecular weight excluding hydrogens is 262 g/mol. The summed E-state index contributed by atoms with van der Waals surface area (Å²) in [6, 6.07) is 0. The Morgan fingerprint density at radius 3 is 2.95 bits per heavy atom. The lowest BCUT2D eigenvalue weighted by Crippen LogP contribution is -2.21. The minimum Gasteiger partial charge on any atom is -0.385 e. The predicted molar refractivity (Wildman–Crippen MR) is 77.4 cm³/mol. The fourth-order valence-electron chi connectivity index (χ4n) is 2.37. The molecule has 19 heavy (non-hydrogen) atoms. The topological polar surface area (TPSA) is 47.4 Å². The molecule has 0 amide bonds. The van der Waals surface area contributed by atoms with Gasteiger partial charge in [0.2, 0.25) is 5.28 Å². The van der Waals surface area contributed by atoms with Crippen LogP contribution in [0.1, 0.15) is 31.7 Å². The van der Waals surface area contributed by atoms with Crippen molar-refractivity contribution < 1.29 is 4.74 Å². The molecule has 2 heterocycles. The molecule has 0 spiro atoms. The van der Waals surface area contributed by atoms with Gasteiger partial charge in [-0.15, -0.1) is 0 Å². The summed E-state index contributed by atoms with van der Waals surface area (Å²) in [5.74, 6) is 0.925. The van der Waals surface area contributed by atoms with E-state index < -0.39 is 0 Å². The number of methoxy groups -OCH3 is 1. The normalized spacial score (nSPS) is 19.3. The molecule has 104 valence electrons. The summed E-state index contributed by atoms with van der Waals surface area (Å²) in [5, 5.41) is 0.330. The van der Waals surface area contributed by atoms with Gasteiger partial charge in [-0.05, 0) is 30.4 Å². The summed E-state index contributed by atoms with van der Waals surface area (Å²) in [4.78, 5) is 13.2. The highest BCUT2D eigenvalue weighted by Crippen LogP contribution is 2.32. The molecule has 4 nitrogen and oxygen atoms in total. The quantitative estimate of drug-likeness (QED) is 0.779. The molecule has 1 aliphatic rings. The van der Waals surface area contributed by atoms with Crippen LogP contribution >= 0.6 is 11.6 Å². The Bertz CT molecular complexity index is 476. The molecule has 1 aliphatic heterocycles. The number of hydrogen-bond donors (Lipinski definition) is 0. The summed E-state index contributed by atoms with van der Waals surface area (Å²) in [6.45, 7) is 5.06. The first-order valence-electron chi connectivity index (χ1n) is 6.74. The lowest BCUT2D eigenvalue weighted by Gasteiger charge is -2.24. The Morgan fingerprint density at radius 2 is 2.26 bits per heavy atom. The van der Waals surface area contributed by atoms with Gasteiger partial charge in [-0.3, -0.25) is 4.99 Å². The minimum absolute atomic E-state index is 0.330. The Hall–Kier alpha value is -1.00. The Balaban J connectivity index is 2.18. The third kappa shape index (κ3) is 3.31. The highest BCUT2D eigenvalue weighted by molar-refractivity contribution is 6.28. The molecule has 0 saturated carbocycles. The van der Waals surface area contributed by atoms with E-state index in [9.17, 15) is 0 Å². The summed E-state index contributed by atoms with van der Waals surface area (Å²) in [7, 11) is 1.73. The molecule has 5 heteroatoms. The van der Waals surface area contributed by atoms with Gasteiger partial charge in [-0.1, -0.05) is 13.8 Å². The monoisotopic (exact) mass is 281 g/mol. The Kier molecular flexibility index (Phi) is 4.88. The molecule has 2 atom stereocenters. The molecule has 0 aliphatic carbocycles. The maximum Gasteiger partial charge on any atom is 0.222 e. The predicted octanol–water partition coefficient (Wildman–Crippen LogP) is 3.24. The van der Waals surface area contributed by atoms with E-state index in [1.165, 1.54) is 0 Å². The summed E-state index contributed by atoms with van der Waals surface area (Å²) in [5.41, 5.74) is 2.84. The van der Waals surface area contributed by atoms with Crippen molar-refractivity contribution in [2.24, 2.45) is 16.8 Å². The van der Waals surface area contributed by atoms with Gasteiger partial charge in [-0.2, -0.15) is 0 Å². The van der Waals surface area contributed by atoms with Gasteiger partial charge in [0.25, 0.3) is 0 Å². The summed E-state index contributed by atoms with van der Waals surface area (Å²) < 4.78 is 5.14. The number of ether oxygens (including phenoxy) is 1. The summed E-state index contributed by atoms with van der Waals surface area (Å²) in [6.07, 6.45) is 4.78. The molecular formula is C14H20ClN3O. The Morgan fingerprint density at radius 1 is 1.47 bits per heavy atom. The largest absolute Gasteiger partial charge is 0.385 e.